The highest BCUT2D eigenvalue weighted by Gasteiger charge is 2.16. The number of hydrogen-bond donors (Lipinski definition) is 2. The summed E-state index contributed by atoms with van der Waals surface area (Å²) >= 11 is 0. The molecule has 2 aromatic heterocycles. The van der Waals surface area contributed by atoms with Gasteiger partial charge in [-0.2, -0.15) is 0 Å². The molecule has 3 aromatic rings. The second-order valence-corrected chi connectivity index (χ2v) is 8.06. The minimum atomic E-state index is -3.75. The number of benzene rings is 1. The first-order valence-corrected chi connectivity index (χ1v) is 10.8. The van der Waals surface area contributed by atoms with Crippen molar-refractivity contribution in [1.82, 2.24) is 15.3 Å². The van der Waals surface area contributed by atoms with Gasteiger partial charge in [0.05, 0.1) is 22.5 Å². The molecular weight excluding hydrogens is 392 g/mol. The van der Waals surface area contributed by atoms with Crippen LogP contribution in [0.15, 0.2) is 58.3 Å². The minimum absolute atomic E-state index is 0.141. The van der Waals surface area contributed by atoms with Crippen molar-refractivity contribution in [2.24, 2.45) is 0 Å². The van der Waals surface area contributed by atoms with E-state index in [-0.39, 0.29) is 4.90 Å². The fourth-order valence-electron chi connectivity index (χ4n) is 2.62. The first kappa shape index (κ1) is 20.8. The summed E-state index contributed by atoms with van der Waals surface area (Å²) in [5.74, 6) is 1.03. The molecular formula is C20H24N4O4S. The molecule has 0 saturated heterocycles. The Kier molecular flexibility index (Phi) is 6.84. The Balaban J connectivity index is 1.65. The molecule has 0 saturated carbocycles. The second kappa shape index (κ2) is 9.53. The van der Waals surface area contributed by atoms with E-state index < -0.39 is 10.0 Å². The zero-order valence-electron chi connectivity index (χ0n) is 16.4. The number of oxazole rings is 1. The third kappa shape index (κ3) is 5.55. The molecule has 0 spiro atoms. The highest BCUT2D eigenvalue weighted by atomic mass is 32.2. The molecule has 2 N–H and O–H groups in total. The molecule has 0 aliphatic carbocycles. The van der Waals surface area contributed by atoms with E-state index in [4.69, 9.17) is 9.15 Å². The lowest BCUT2D eigenvalue weighted by Crippen LogP contribution is -2.21. The van der Waals surface area contributed by atoms with E-state index in [9.17, 15) is 8.42 Å². The molecule has 1 aromatic carbocycles. The summed E-state index contributed by atoms with van der Waals surface area (Å²) in [6.45, 7) is 5.99. The Hall–Kier alpha value is -2.91. The fourth-order valence-corrected chi connectivity index (χ4v) is 3.73. The fraction of sp³-hybridized carbons (Fsp3) is 0.300. The maximum atomic E-state index is 12.7. The zero-order chi connectivity index (χ0) is 20.7. The minimum Gasteiger partial charge on any atom is -0.476 e. The standard InChI is InChI=1S/C20H24N4O4S/c1-3-10-21-11-12-27-20-9-8-18(15(2)23-20)24-29(25,26)17-6-4-16(5-7-17)19-13-22-14-28-19/h4-9,13-14,21,24H,3,10-12H2,1-2H3. The Morgan fingerprint density at radius 3 is 2.55 bits per heavy atom. The first-order valence-electron chi connectivity index (χ1n) is 9.32. The summed E-state index contributed by atoms with van der Waals surface area (Å²) in [6.07, 6.45) is 3.96. The van der Waals surface area contributed by atoms with Gasteiger partial charge < -0.3 is 14.5 Å². The number of anilines is 1. The topological polar surface area (TPSA) is 106 Å². The van der Waals surface area contributed by atoms with Crippen molar-refractivity contribution in [1.29, 1.82) is 0 Å². The Bertz CT molecular complexity index is 1020. The number of hydrogen-bond acceptors (Lipinski definition) is 7. The summed E-state index contributed by atoms with van der Waals surface area (Å²) in [6, 6.07) is 9.68. The zero-order valence-corrected chi connectivity index (χ0v) is 17.2. The van der Waals surface area contributed by atoms with Crippen LogP contribution in [-0.2, 0) is 10.0 Å². The van der Waals surface area contributed by atoms with Crippen LogP contribution in [0.25, 0.3) is 11.3 Å². The van der Waals surface area contributed by atoms with Crippen LogP contribution in [0.3, 0.4) is 0 Å². The van der Waals surface area contributed by atoms with Gasteiger partial charge >= 0.3 is 0 Å². The first-order chi connectivity index (χ1) is 14.0. The largest absolute Gasteiger partial charge is 0.476 e. The molecule has 2 heterocycles. The van der Waals surface area contributed by atoms with E-state index in [2.05, 4.69) is 26.9 Å². The molecule has 154 valence electrons. The molecule has 0 atom stereocenters. The maximum Gasteiger partial charge on any atom is 0.261 e. The number of nitrogens with zero attached hydrogens (tertiary/aromatic N) is 2. The van der Waals surface area contributed by atoms with Crippen LogP contribution in [-0.4, -0.2) is 38.1 Å². The number of rotatable bonds is 10. The van der Waals surface area contributed by atoms with Crippen LogP contribution in [0.5, 0.6) is 5.88 Å². The van der Waals surface area contributed by atoms with Crippen molar-refractivity contribution in [2.75, 3.05) is 24.4 Å². The Labute approximate surface area is 170 Å². The number of ether oxygens (including phenoxy) is 1. The van der Waals surface area contributed by atoms with Gasteiger partial charge in [0, 0.05) is 18.2 Å². The van der Waals surface area contributed by atoms with Crippen LogP contribution < -0.4 is 14.8 Å². The van der Waals surface area contributed by atoms with Gasteiger partial charge in [-0.1, -0.05) is 6.92 Å². The van der Waals surface area contributed by atoms with E-state index in [1.54, 1.807) is 37.4 Å². The number of sulfonamides is 1. The summed E-state index contributed by atoms with van der Waals surface area (Å²) in [4.78, 5) is 8.32. The van der Waals surface area contributed by atoms with Gasteiger partial charge in [-0.25, -0.2) is 18.4 Å². The van der Waals surface area contributed by atoms with Gasteiger partial charge in [-0.3, -0.25) is 4.72 Å². The van der Waals surface area contributed by atoms with Crippen LogP contribution in [0.1, 0.15) is 19.0 Å². The second-order valence-electron chi connectivity index (χ2n) is 6.38. The molecule has 0 radical (unpaired) electrons. The smallest absolute Gasteiger partial charge is 0.261 e. The lowest BCUT2D eigenvalue weighted by Gasteiger charge is -2.12. The third-order valence-corrected chi connectivity index (χ3v) is 5.52. The van der Waals surface area contributed by atoms with Gasteiger partial charge in [0.15, 0.2) is 12.2 Å². The van der Waals surface area contributed by atoms with E-state index in [0.29, 0.717) is 29.6 Å². The van der Waals surface area contributed by atoms with Crippen molar-refractivity contribution < 1.29 is 17.6 Å². The Morgan fingerprint density at radius 2 is 1.90 bits per heavy atom. The number of aryl methyl sites for hydroxylation is 1. The maximum absolute atomic E-state index is 12.7. The molecule has 9 heteroatoms. The molecule has 0 aliphatic heterocycles. The number of aromatic nitrogens is 2. The summed E-state index contributed by atoms with van der Waals surface area (Å²) < 4.78 is 38.8. The SMILES string of the molecule is CCCNCCOc1ccc(NS(=O)(=O)c2ccc(-c3cnco3)cc2)c(C)n1. The summed E-state index contributed by atoms with van der Waals surface area (Å²) in [5.41, 5.74) is 1.68. The van der Waals surface area contributed by atoms with Crippen molar-refractivity contribution >= 4 is 15.7 Å². The highest BCUT2D eigenvalue weighted by Crippen LogP contribution is 2.24. The predicted molar refractivity (Wildman–Crippen MR) is 110 cm³/mol. The van der Waals surface area contributed by atoms with Crippen molar-refractivity contribution in [3.63, 3.8) is 0 Å². The van der Waals surface area contributed by atoms with Crippen molar-refractivity contribution in [2.45, 2.75) is 25.2 Å². The molecule has 0 bridgehead atoms. The van der Waals surface area contributed by atoms with E-state index >= 15 is 0 Å². The Morgan fingerprint density at radius 1 is 1.10 bits per heavy atom. The van der Waals surface area contributed by atoms with E-state index in [1.165, 1.54) is 18.5 Å². The van der Waals surface area contributed by atoms with Gasteiger partial charge in [-0.15, -0.1) is 0 Å². The van der Waals surface area contributed by atoms with Crippen LogP contribution >= 0.6 is 0 Å². The number of nitrogens with one attached hydrogen (secondary N) is 2. The van der Waals surface area contributed by atoms with Gasteiger partial charge in [0.1, 0.15) is 6.61 Å². The summed E-state index contributed by atoms with van der Waals surface area (Å²) in [7, 11) is -3.75. The number of pyridine rings is 1. The van der Waals surface area contributed by atoms with Crippen LogP contribution in [0.4, 0.5) is 5.69 Å². The molecule has 0 amide bonds. The highest BCUT2D eigenvalue weighted by molar-refractivity contribution is 7.92. The molecule has 0 fully saturated rings. The molecule has 3 rings (SSSR count). The predicted octanol–water partition coefficient (Wildman–Crippen LogP) is 3.22. The average Bonchev–Trinajstić information content (AvgIpc) is 3.25. The lowest BCUT2D eigenvalue weighted by molar-refractivity contribution is 0.302. The van der Waals surface area contributed by atoms with Gasteiger partial charge in [0.2, 0.25) is 5.88 Å². The third-order valence-electron chi connectivity index (χ3n) is 4.14. The summed E-state index contributed by atoms with van der Waals surface area (Å²) in [5, 5.41) is 3.24. The molecule has 8 nitrogen and oxygen atoms in total. The molecule has 0 aliphatic rings. The van der Waals surface area contributed by atoms with Gasteiger partial charge in [-0.05, 0) is 50.2 Å². The molecule has 29 heavy (non-hydrogen) atoms. The van der Waals surface area contributed by atoms with Crippen molar-refractivity contribution in [3.05, 3.63) is 54.7 Å². The van der Waals surface area contributed by atoms with Crippen molar-refractivity contribution in [3.8, 4) is 17.2 Å². The van der Waals surface area contributed by atoms with E-state index in [1.807, 2.05) is 0 Å². The monoisotopic (exact) mass is 416 g/mol. The molecule has 0 unspecified atom stereocenters. The van der Waals surface area contributed by atoms with E-state index in [0.717, 1.165) is 25.1 Å². The quantitative estimate of drug-likeness (QED) is 0.489. The average molecular weight is 417 g/mol. The van der Waals surface area contributed by atoms with Crippen LogP contribution in [0, 0.1) is 6.92 Å². The lowest BCUT2D eigenvalue weighted by atomic mass is 10.2. The van der Waals surface area contributed by atoms with Crippen LogP contribution in [0.2, 0.25) is 0 Å². The normalized spacial score (nSPS) is 11.4. The van der Waals surface area contributed by atoms with Gasteiger partial charge in [0.25, 0.3) is 10.0 Å².